The van der Waals surface area contributed by atoms with Crippen LogP contribution in [-0.4, -0.2) is 16.8 Å². The number of fused-ring (bicyclic) bond motifs is 3. The Bertz CT molecular complexity index is 1190. The number of aromatic nitrogens is 1. The molecular formula is C24H19N3O3. The van der Waals surface area contributed by atoms with Crippen molar-refractivity contribution in [3.8, 4) is 17.4 Å². The van der Waals surface area contributed by atoms with Gasteiger partial charge in [0.15, 0.2) is 17.4 Å². The van der Waals surface area contributed by atoms with Gasteiger partial charge in [0.1, 0.15) is 0 Å². The molecule has 6 nitrogen and oxygen atoms in total. The molecule has 3 aromatic rings. The number of ketones is 1. The fourth-order valence-corrected chi connectivity index (χ4v) is 4.62. The number of benzene rings is 2. The third-order valence-electron chi connectivity index (χ3n) is 6.00. The van der Waals surface area contributed by atoms with Crippen LogP contribution >= 0.6 is 0 Å². The molecule has 2 aromatic carbocycles. The maximum Gasteiger partial charge on any atom is 0.245 e. The van der Waals surface area contributed by atoms with Crippen molar-refractivity contribution >= 4 is 11.7 Å². The number of amides is 1. The highest BCUT2D eigenvalue weighted by Gasteiger charge is 2.42. The predicted octanol–water partition coefficient (Wildman–Crippen LogP) is 3.76. The lowest BCUT2D eigenvalue weighted by atomic mass is 9.81. The molecule has 6 heteroatoms. The zero-order valence-corrected chi connectivity index (χ0v) is 16.2. The van der Waals surface area contributed by atoms with Crippen LogP contribution in [0.25, 0.3) is 11.3 Å². The molecule has 2 aliphatic carbocycles. The van der Waals surface area contributed by atoms with Gasteiger partial charge >= 0.3 is 0 Å². The summed E-state index contributed by atoms with van der Waals surface area (Å²) >= 11 is 0. The smallest absolute Gasteiger partial charge is 0.245 e. The lowest BCUT2D eigenvalue weighted by molar-refractivity contribution is -0.122. The second-order valence-electron chi connectivity index (χ2n) is 7.73. The Kier molecular flexibility index (Phi) is 4.44. The van der Waals surface area contributed by atoms with Gasteiger partial charge in [-0.25, -0.2) is 0 Å². The largest absolute Gasteiger partial charge is 0.355 e. The molecule has 148 valence electrons. The summed E-state index contributed by atoms with van der Waals surface area (Å²) in [7, 11) is 0. The van der Waals surface area contributed by atoms with Crippen molar-refractivity contribution < 1.29 is 14.1 Å². The maximum atomic E-state index is 13.2. The number of Topliss-reactive ketones (excluding diaryl/α,β-unsaturated/α-hetero) is 1. The molecule has 1 aromatic heterocycles. The summed E-state index contributed by atoms with van der Waals surface area (Å²) in [5, 5.41) is 16.3. The highest BCUT2D eigenvalue weighted by molar-refractivity contribution is 6.12. The van der Waals surface area contributed by atoms with E-state index in [-0.39, 0.29) is 18.2 Å². The summed E-state index contributed by atoms with van der Waals surface area (Å²) in [5.41, 5.74) is 5.18. The summed E-state index contributed by atoms with van der Waals surface area (Å²) in [6, 6.07) is 17.3. The van der Waals surface area contributed by atoms with E-state index in [1.165, 1.54) is 11.1 Å². The third-order valence-corrected chi connectivity index (χ3v) is 6.00. The van der Waals surface area contributed by atoms with E-state index in [2.05, 4.69) is 16.5 Å². The van der Waals surface area contributed by atoms with Crippen LogP contribution in [0.5, 0.6) is 0 Å². The van der Waals surface area contributed by atoms with Crippen LogP contribution in [0.15, 0.2) is 53.1 Å². The van der Waals surface area contributed by atoms with Crippen LogP contribution in [0.4, 0.5) is 0 Å². The minimum atomic E-state index is -1.46. The number of rotatable bonds is 5. The molecular weight excluding hydrogens is 378 g/mol. The molecule has 0 bridgehead atoms. The van der Waals surface area contributed by atoms with Gasteiger partial charge < -0.3 is 9.84 Å². The van der Waals surface area contributed by atoms with Gasteiger partial charge in [0.2, 0.25) is 11.7 Å². The van der Waals surface area contributed by atoms with Crippen molar-refractivity contribution in [2.24, 2.45) is 5.92 Å². The number of carbonyl (C=O) groups is 2. The quantitative estimate of drug-likeness (QED) is 0.522. The number of hydrogen-bond acceptors (Lipinski definition) is 5. The first-order valence-corrected chi connectivity index (χ1v) is 10.1. The van der Waals surface area contributed by atoms with Gasteiger partial charge in [-0.15, -0.1) is 0 Å². The summed E-state index contributed by atoms with van der Waals surface area (Å²) in [5.74, 6) is -2.05. The van der Waals surface area contributed by atoms with E-state index in [1.807, 2.05) is 48.5 Å². The van der Waals surface area contributed by atoms with Crippen LogP contribution < -0.4 is 5.32 Å². The minimum absolute atomic E-state index is 0.0388. The molecule has 1 amide bonds. The molecule has 2 atom stereocenters. The normalized spacial score (nSPS) is 16.8. The molecule has 2 unspecified atom stereocenters. The first-order valence-electron chi connectivity index (χ1n) is 10.1. The molecule has 0 aliphatic heterocycles. The Hall–Kier alpha value is -3.72. The van der Waals surface area contributed by atoms with Crippen LogP contribution in [0.2, 0.25) is 0 Å². The SMILES string of the molecule is N#CC(C(=O)NCc1ccccc1)C(=O)c1noc2c1C1CCCc3cccc-2c31. The summed E-state index contributed by atoms with van der Waals surface area (Å²) in [6.07, 6.45) is 2.91. The fraction of sp³-hybridized carbons (Fsp3) is 0.250. The molecule has 0 radical (unpaired) electrons. The maximum absolute atomic E-state index is 13.2. The van der Waals surface area contributed by atoms with E-state index in [9.17, 15) is 14.9 Å². The van der Waals surface area contributed by atoms with Gasteiger partial charge in [0, 0.05) is 23.6 Å². The van der Waals surface area contributed by atoms with Gasteiger partial charge in [-0.1, -0.05) is 53.7 Å². The van der Waals surface area contributed by atoms with E-state index in [0.717, 1.165) is 36.0 Å². The average molecular weight is 397 g/mol. The van der Waals surface area contributed by atoms with Crippen molar-refractivity contribution in [1.82, 2.24) is 10.5 Å². The Morgan fingerprint density at radius 3 is 2.80 bits per heavy atom. The van der Waals surface area contributed by atoms with Crippen molar-refractivity contribution in [3.63, 3.8) is 0 Å². The van der Waals surface area contributed by atoms with E-state index < -0.39 is 17.6 Å². The molecule has 2 aliphatic rings. The number of hydrogen-bond donors (Lipinski definition) is 1. The van der Waals surface area contributed by atoms with E-state index in [1.54, 1.807) is 0 Å². The lowest BCUT2D eigenvalue weighted by Gasteiger charge is -2.22. The number of nitriles is 1. The molecule has 1 N–H and O–H groups in total. The first kappa shape index (κ1) is 18.3. The van der Waals surface area contributed by atoms with Gasteiger partial charge in [0.05, 0.1) is 6.07 Å². The van der Waals surface area contributed by atoms with Crippen molar-refractivity contribution in [3.05, 3.63) is 76.5 Å². The molecule has 0 fully saturated rings. The first-order chi connectivity index (χ1) is 14.7. The third kappa shape index (κ3) is 2.82. The molecule has 0 spiro atoms. The summed E-state index contributed by atoms with van der Waals surface area (Å²) in [4.78, 5) is 25.8. The van der Waals surface area contributed by atoms with Gasteiger partial charge in [0.25, 0.3) is 0 Å². The van der Waals surface area contributed by atoms with Crippen LogP contribution in [-0.2, 0) is 17.8 Å². The Balaban J connectivity index is 1.42. The number of carbonyl (C=O) groups excluding carboxylic acids is 2. The van der Waals surface area contributed by atoms with Crippen LogP contribution in [0, 0.1) is 17.2 Å². The highest BCUT2D eigenvalue weighted by atomic mass is 16.5. The standard InChI is InChI=1S/C24H19N3O3/c25-12-18(24(29)26-13-14-6-2-1-3-7-14)22(28)21-20-16-10-4-8-15-9-5-11-17(19(15)16)23(20)30-27-21/h1-3,5-7,9,11,16,18H,4,8,10,13H2,(H,26,29). The highest BCUT2D eigenvalue weighted by Crippen LogP contribution is 2.52. The Morgan fingerprint density at radius 2 is 2.00 bits per heavy atom. The second-order valence-corrected chi connectivity index (χ2v) is 7.73. The van der Waals surface area contributed by atoms with E-state index >= 15 is 0 Å². The van der Waals surface area contributed by atoms with Crippen LogP contribution in [0.3, 0.4) is 0 Å². The topological polar surface area (TPSA) is 96.0 Å². The number of nitrogens with zero attached hydrogens (tertiary/aromatic N) is 2. The predicted molar refractivity (Wildman–Crippen MR) is 108 cm³/mol. The Labute approximate surface area is 173 Å². The molecule has 0 saturated carbocycles. The van der Waals surface area contributed by atoms with Gasteiger partial charge in [-0.3, -0.25) is 9.59 Å². The van der Waals surface area contributed by atoms with Gasteiger partial charge in [-0.2, -0.15) is 5.26 Å². The fourth-order valence-electron chi connectivity index (χ4n) is 4.62. The Morgan fingerprint density at radius 1 is 1.17 bits per heavy atom. The van der Waals surface area contributed by atoms with E-state index in [0.29, 0.717) is 5.76 Å². The van der Waals surface area contributed by atoms with E-state index in [4.69, 9.17) is 4.52 Å². The summed E-state index contributed by atoms with van der Waals surface area (Å²) < 4.78 is 5.56. The van der Waals surface area contributed by atoms with Crippen molar-refractivity contribution in [2.75, 3.05) is 0 Å². The number of nitrogens with one attached hydrogen (secondary N) is 1. The van der Waals surface area contributed by atoms with Crippen LogP contribution in [0.1, 0.15) is 51.5 Å². The second kappa shape index (κ2) is 7.27. The van der Waals surface area contributed by atoms with Gasteiger partial charge in [-0.05, 0) is 36.0 Å². The molecule has 0 saturated heterocycles. The lowest BCUT2D eigenvalue weighted by Crippen LogP contribution is -2.34. The zero-order valence-electron chi connectivity index (χ0n) is 16.2. The van der Waals surface area contributed by atoms with Crippen molar-refractivity contribution in [1.29, 1.82) is 5.26 Å². The monoisotopic (exact) mass is 397 g/mol. The summed E-state index contributed by atoms with van der Waals surface area (Å²) in [6.45, 7) is 0.249. The average Bonchev–Trinajstić information content (AvgIpc) is 3.35. The minimum Gasteiger partial charge on any atom is -0.355 e. The van der Waals surface area contributed by atoms with Crippen molar-refractivity contribution in [2.45, 2.75) is 31.7 Å². The molecule has 30 heavy (non-hydrogen) atoms. The molecule has 5 rings (SSSR count). The molecule has 1 heterocycles. The number of aryl methyl sites for hydroxylation is 1. The zero-order chi connectivity index (χ0) is 20.7.